The number of nitrogens with one attached hydrogen (secondary N) is 1. The molecule has 2 aliphatic rings. The summed E-state index contributed by atoms with van der Waals surface area (Å²) in [4.78, 5) is 24.9. The van der Waals surface area contributed by atoms with Crippen molar-refractivity contribution < 1.29 is 9.53 Å². The van der Waals surface area contributed by atoms with Crippen molar-refractivity contribution in [3.8, 4) is 0 Å². The van der Waals surface area contributed by atoms with Crippen LogP contribution in [0, 0.1) is 5.41 Å². The van der Waals surface area contributed by atoms with Gasteiger partial charge in [0.15, 0.2) is 0 Å². The highest BCUT2D eigenvalue weighted by atomic mass is 16.5. The summed E-state index contributed by atoms with van der Waals surface area (Å²) in [7, 11) is 0. The van der Waals surface area contributed by atoms with Crippen LogP contribution in [0.25, 0.3) is 0 Å². The quantitative estimate of drug-likeness (QED) is 0.927. The van der Waals surface area contributed by atoms with Gasteiger partial charge in [0.2, 0.25) is 5.91 Å². The van der Waals surface area contributed by atoms with Gasteiger partial charge >= 0.3 is 0 Å². The molecule has 1 aliphatic carbocycles. The molecule has 2 fully saturated rings. The molecule has 0 spiro atoms. The Bertz CT molecular complexity index is 635. The Labute approximate surface area is 129 Å². The number of carbonyl (C=O) groups is 1. The number of carbonyl (C=O) groups excluding carboxylic acids is 1. The molecule has 1 N–H and O–H groups in total. The van der Waals surface area contributed by atoms with Crippen LogP contribution in [0.3, 0.4) is 0 Å². The summed E-state index contributed by atoms with van der Waals surface area (Å²) in [5.41, 5.74) is 0.452. The number of amides is 1. The average Bonchev–Trinajstić information content (AvgIpc) is 3.15. The lowest BCUT2D eigenvalue weighted by Gasteiger charge is -2.19. The van der Waals surface area contributed by atoms with Gasteiger partial charge in [0.25, 0.3) is 5.56 Å². The van der Waals surface area contributed by atoms with Crippen molar-refractivity contribution >= 4 is 11.6 Å². The Morgan fingerprint density at radius 3 is 2.64 bits per heavy atom. The largest absolute Gasteiger partial charge is 0.379 e. The summed E-state index contributed by atoms with van der Waals surface area (Å²) in [5.74, 6) is 0.256. The van der Waals surface area contributed by atoms with Crippen LogP contribution in [-0.4, -0.2) is 28.9 Å². The number of hydrogen-bond donors (Lipinski definition) is 1. The number of aromatic nitrogens is 2. The molecule has 0 unspecified atom stereocenters. The van der Waals surface area contributed by atoms with Gasteiger partial charge in [-0.15, -0.1) is 0 Å². The molecule has 3 rings (SSSR count). The maximum Gasteiger partial charge on any atom is 0.290 e. The highest BCUT2D eigenvalue weighted by Crippen LogP contribution is 2.39. The van der Waals surface area contributed by atoms with Crippen molar-refractivity contribution in [3.05, 3.63) is 22.1 Å². The number of rotatable bonds is 3. The summed E-state index contributed by atoms with van der Waals surface area (Å²) < 4.78 is 6.88. The van der Waals surface area contributed by atoms with Gasteiger partial charge in [-0.05, 0) is 25.3 Å². The molecular weight excluding hydrogens is 282 g/mol. The molecule has 6 nitrogen and oxygen atoms in total. The highest BCUT2D eigenvalue weighted by Gasteiger charge is 2.30. The molecular formula is C16H23N3O3. The van der Waals surface area contributed by atoms with E-state index in [0.29, 0.717) is 24.8 Å². The van der Waals surface area contributed by atoms with Gasteiger partial charge in [0.1, 0.15) is 5.69 Å². The Morgan fingerprint density at radius 2 is 2.09 bits per heavy atom. The topological polar surface area (TPSA) is 73.2 Å². The standard InChI is InChI=1S/C16H23N3O3/c1-16(2,3)15(21)17-13-8-12(10-4-5-10)18-19(14(13)20)11-6-7-22-9-11/h8,10-11H,4-7,9H2,1-3H3,(H,17,21)/t11-/m1/s1. The Morgan fingerprint density at radius 1 is 1.36 bits per heavy atom. The van der Waals surface area contributed by atoms with E-state index in [1.807, 2.05) is 20.8 Å². The lowest BCUT2D eigenvalue weighted by molar-refractivity contribution is -0.123. The predicted octanol–water partition coefficient (Wildman–Crippen LogP) is 2.07. The first-order valence-electron chi connectivity index (χ1n) is 7.89. The second-order valence-electron chi connectivity index (χ2n) is 7.23. The molecule has 0 bridgehead atoms. The van der Waals surface area contributed by atoms with Crippen LogP contribution in [0.2, 0.25) is 0 Å². The third-order valence-corrected chi connectivity index (χ3v) is 4.13. The van der Waals surface area contributed by atoms with Crippen LogP contribution in [0.5, 0.6) is 0 Å². The Kier molecular flexibility index (Phi) is 3.80. The first-order chi connectivity index (χ1) is 10.4. The second kappa shape index (κ2) is 5.50. The number of hydrogen-bond acceptors (Lipinski definition) is 4. The van der Waals surface area contributed by atoms with E-state index < -0.39 is 5.41 Å². The van der Waals surface area contributed by atoms with Crippen LogP contribution in [0.1, 0.15) is 57.7 Å². The monoisotopic (exact) mass is 305 g/mol. The fraction of sp³-hybridized carbons (Fsp3) is 0.688. The molecule has 1 aromatic heterocycles. The summed E-state index contributed by atoms with van der Waals surface area (Å²) in [5, 5.41) is 7.30. The van der Waals surface area contributed by atoms with Gasteiger partial charge in [-0.3, -0.25) is 9.59 Å². The molecule has 1 saturated heterocycles. The molecule has 6 heteroatoms. The first-order valence-corrected chi connectivity index (χ1v) is 7.89. The van der Waals surface area contributed by atoms with E-state index in [9.17, 15) is 9.59 Å². The van der Waals surface area contributed by atoms with Crippen molar-refractivity contribution in [2.45, 2.75) is 52.0 Å². The minimum absolute atomic E-state index is 0.0310. The van der Waals surface area contributed by atoms with E-state index in [-0.39, 0.29) is 17.5 Å². The summed E-state index contributed by atoms with van der Waals surface area (Å²) in [6.45, 7) is 6.64. The summed E-state index contributed by atoms with van der Waals surface area (Å²) in [6.07, 6.45) is 2.98. The molecule has 0 aromatic carbocycles. The fourth-order valence-corrected chi connectivity index (χ4v) is 2.47. The molecule has 1 aromatic rings. The molecule has 1 amide bonds. The van der Waals surface area contributed by atoms with E-state index in [1.54, 1.807) is 6.07 Å². The third kappa shape index (κ3) is 3.06. The second-order valence-corrected chi connectivity index (χ2v) is 7.23. The molecule has 120 valence electrons. The Hall–Kier alpha value is -1.69. The van der Waals surface area contributed by atoms with Crippen LogP contribution in [0.4, 0.5) is 5.69 Å². The number of nitrogens with zero attached hydrogens (tertiary/aromatic N) is 2. The molecule has 1 saturated carbocycles. The molecule has 2 heterocycles. The van der Waals surface area contributed by atoms with Crippen molar-refractivity contribution in [2.24, 2.45) is 5.41 Å². The summed E-state index contributed by atoms with van der Waals surface area (Å²) in [6, 6.07) is 1.71. The zero-order valence-electron chi connectivity index (χ0n) is 13.4. The zero-order chi connectivity index (χ0) is 15.9. The third-order valence-electron chi connectivity index (χ3n) is 4.13. The van der Waals surface area contributed by atoms with Crippen LogP contribution in [-0.2, 0) is 9.53 Å². The van der Waals surface area contributed by atoms with Crippen LogP contribution in [0.15, 0.2) is 10.9 Å². The van der Waals surface area contributed by atoms with Crippen molar-refractivity contribution in [1.82, 2.24) is 9.78 Å². The molecule has 0 radical (unpaired) electrons. The predicted molar refractivity (Wildman–Crippen MR) is 83.0 cm³/mol. The number of ether oxygens (including phenoxy) is 1. The highest BCUT2D eigenvalue weighted by molar-refractivity contribution is 5.94. The van der Waals surface area contributed by atoms with Gasteiger partial charge in [-0.1, -0.05) is 20.8 Å². The van der Waals surface area contributed by atoms with E-state index in [2.05, 4.69) is 10.4 Å². The van der Waals surface area contributed by atoms with Crippen molar-refractivity contribution in [1.29, 1.82) is 0 Å². The van der Waals surface area contributed by atoms with Gasteiger partial charge in [0.05, 0.1) is 18.3 Å². The normalized spacial score (nSPS) is 21.9. The molecule has 22 heavy (non-hydrogen) atoms. The maximum atomic E-state index is 12.6. The summed E-state index contributed by atoms with van der Waals surface area (Å²) >= 11 is 0. The van der Waals surface area contributed by atoms with Gasteiger partial charge < -0.3 is 10.1 Å². The first kappa shape index (κ1) is 15.2. The van der Waals surface area contributed by atoms with Crippen molar-refractivity contribution in [3.63, 3.8) is 0 Å². The lowest BCUT2D eigenvalue weighted by Crippen LogP contribution is -2.35. The number of anilines is 1. The van der Waals surface area contributed by atoms with E-state index >= 15 is 0 Å². The van der Waals surface area contributed by atoms with Gasteiger partial charge in [-0.2, -0.15) is 5.10 Å². The minimum Gasteiger partial charge on any atom is -0.379 e. The average molecular weight is 305 g/mol. The molecule has 1 atom stereocenters. The minimum atomic E-state index is -0.545. The lowest BCUT2D eigenvalue weighted by atomic mass is 9.95. The SMILES string of the molecule is CC(C)(C)C(=O)Nc1cc(C2CC2)nn([C@@H]2CCOC2)c1=O. The Balaban J connectivity index is 1.97. The van der Waals surface area contributed by atoms with E-state index in [0.717, 1.165) is 25.0 Å². The molecule has 1 aliphatic heterocycles. The zero-order valence-corrected chi connectivity index (χ0v) is 13.4. The fourth-order valence-electron chi connectivity index (χ4n) is 2.47. The van der Waals surface area contributed by atoms with Crippen LogP contribution >= 0.6 is 0 Å². The van der Waals surface area contributed by atoms with E-state index in [4.69, 9.17) is 4.74 Å². The van der Waals surface area contributed by atoms with E-state index in [1.165, 1.54) is 4.68 Å². The van der Waals surface area contributed by atoms with Gasteiger partial charge in [-0.25, -0.2) is 4.68 Å². The maximum absolute atomic E-state index is 12.6. The smallest absolute Gasteiger partial charge is 0.290 e. The van der Waals surface area contributed by atoms with Crippen molar-refractivity contribution in [2.75, 3.05) is 18.5 Å². The van der Waals surface area contributed by atoms with Gasteiger partial charge in [0, 0.05) is 17.9 Å². The van der Waals surface area contributed by atoms with Crippen LogP contribution < -0.4 is 10.9 Å².